The molecule has 0 aromatic rings. The molecule has 0 radical (unpaired) electrons. The molecule has 2 amide bonds. The Morgan fingerprint density at radius 3 is 2.40 bits per heavy atom. The van der Waals surface area contributed by atoms with Crippen LogP contribution in [0.5, 0.6) is 0 Å². The first-order valence-electron chi connectivity index (χ1n) is 7.36. The van der Waals surface area contributed by atoms with Gasteiger partial charge in [0, 0.05) is 12.5 Å². The lowest BCUT2D eigenvalue weighted by Crippen LogP contribution is -2.41. The number of carbonyl (C=O) groups excluding carboxylic acids is 2. The highest BCUT2D eigenvalue weighted by Crippen LogP contribution is 2.45. The van der Waals surface area contributed by atoms with E-state index in [4.69, 9.17) is 10.5 Å². The van der Waals surface area contributed by atoms with Crippen LogP contribution in [0.25, 0.3) is 0 Å². The number of nitrogens with one attached hydrogen (secondary N) is 1. The Morgan fingerprint density at radius 2 is 1.95 bits per heavy atom. The maximum Gasteiger partial charge on any atom is 0.407 e. The number of alkyl carbamates (subject to hydrolysis) is 1. The zero-order valence-electron chi connectivity index (χ0n) is 13.2. The highest BCUT2D eigenvalue weighted by atomic mass is 16.6. The summed E-state index contributed by atoms with van der Waals surface area (Å²) < 4.78 is 5.30. The summed E-state index contributed by atoms with van der Waals surface area (Å²) in [5.74, 6) is 0.867. The van der Waals surface area contributed by atoms with Gasteiger partial charge in [0.1, 0.15) is 5.60 Å². The van der Waals surface area contributed by atoms with E-state index in [1.54, 1.807) is 0 Å². The van der Waals surface area contributed by atoms with Crippen LogP contribution in [0.4, 0.5) is 4.79 Å². The first kappa shape index (κ1) is 16.8. The Bertz CT molecular complexity index is 361. The molecule has 116 valence electrons. The summed E-state index contributed by atoms with van der Waals surface area (Å²) in [6, 6.07) is 0.0641. The Hall–Kier alpha value is -1.26. The van der Waals surface area contributed by atoms with Crippen LogP contribution in [0.2, 0.25) is 0 Å². The van der Waals surface area contributed by atoms with Crippen LogP contribution >= 0.6 is 0 Å². The maximum absolute atomic E-state index is 11.9. The third-order valence-corrected chi connectivity index (χ3v) is 3.38. The number of hydrogen-bond donors (Lipinski definition) is 2. The minimum absolute atomic E-state index is 0.0641. The zero-order chi connectivity index (χ0) is 15.5. The van der Waals surface area contributed by atoms with E-state index >= 15 is 0 Å². The predicted molar refractivity (Wildman–Crippen MR) is 78.0 cm³/mol. The smallest absolute Gasteiger partial charge is 0.407 e. The second-order valence-corrected chi connectivity index (χ2v) is 7.21. The third-order valence-electron chi connectivity index (χ3n) is 3.38. The number of ether oxygens (including phenoxy) is 1. The lowest BCUT2D eigenvalue weighted by molar-refractivity contribution is -0.118. The number of nitrogens with two attached hydrogens (primary N) is 1. The molecule has 0 bridgehead atoms. The molecule has 3 N–H and O–H groups in total. The molecule has 1 aliphatic carbocycles. The molecule has 1 aliphatic rings. The molecular weight excluding hydrogens is 256 g/mol. The van der Waals surface area contributed by atoms with Gasteiger partial charge in [-0.05, 0) is 51.4 Å². The molecule has 1 fully saturated rings. The summed E-state index contributed by atoms with van der Waals surface area (Å²) in [5, 5.41) is 2.96. The molecule has 0 aromatic heterocycles. The van der Waals surface area contributed by atoms with Gasteiger partial charge in [0.05, 0.1) is 0 Å². The number of amides is 2. The Morgan fingerprint density at radius 1 is 1.35 bits per heavy atom. The fraction of sp³-hybridized carbons (Fsp3) is 0.867. The quantitative estimate of drug-likeness (QED) is 0.786. The maximum atomic E-state index is 11.9. The average Bonchev–Trinajstić information content (AvgIpc) is 2.90. The van der Waals surface area contributed by atoms with Crippen molar-refractivity contribution < 1.29 is 14.3 Å². The van der Waals surface area contributed by atoms with Gasteiger partial charge in [0.2, 0.25) is 5.91 Å². The first-order valence-corrected chi connectivity index (χ1v) is 7.36. The van der Waals surface area contributed by atoms with Gasteiger partial charge >= 0.3 is 6.09 Å². The summed E-state index contributed by atoms with van der Waals surface area (Å²) in [6.07, 6.45) is 1.87. The third kappa shape index (κ3) is 6.26. The molecule has 0 aromatic carbocycles. The summed E-state index contributed by atoms with van der Waals surface area (Å²) in [5.41, 5.74) is 4.73. The number of rotatable bonds is 6. The normalized spacial score (nSPS) is 23.3. The van der Waals surface area contributed by atoms with Crippen molar-refractivity contribution in [2.24, 2.45) is 23.5 Å². The molecule has 2 unspecified atom stereocenters. The van der Waals surface area contributed by atoms with Crippen LogP contribution in [0.3, 0.4) is 0 Å². The van der Waals surface area contributed by atoms with Crippen LogP contribution in [-0.2, 0) is 9.53 Å². The van der Waals surface area contributed by atoms with Crippen LogP contribution in [-0.4, -0.2) is 23.6 Å². The van der Waals surface area contributed by atoms with Crippen LogP contribution in [0, 0.1) is 17.8 Å². The van der Waals surface area contributed by atoms with Gasteiger partial charge in [0.25, 0.3) is 0 Å². The first-order chi connectivity index (χ1) is 9.08. The van der Waals surface area contributed by atoms with Crippen molar-refractivity contribution in [2.75, 3.05) is 0 Å². The van der Waals surface area contributed by atoms with Crippen molar-refractivity contribution >= 4 is 12.0 Å². The molecule has 3 atom stereocenters. The van der Waals surface area contributed by atoms with Crippen LogP contribution < -0.4 is 11.1 Å². The molecular formula is C15H28N2O3. The van der Waals surface area contributed by atoms with Crippen LogP contribution in [0.15, 0.2) is 0 Å². The van der Waals surface area contributed by atoms with E-state index in [0.29, 0.717) is 24.2 Å². The summed E-state index contributed by atoms with van der Waals surface area (Å²) in [6.45, 7) is 9.77. The standard InChI is InChI=1S/C15H28N2O3/c1-9(2)6-12(11-7-10(11)8-13(16)18)17-14(19)20-15(3,4)5/h9-12H,6-8H2,1-5H3,(H2,16,18)(H,17,19)/t10?,11?,12-/m0/s1. The SMILES string of the molecule is CC(C)C[C@H](NC(=O)OC(C)(C)C)C1CC1CC(N)=O. The van der Waals surface area contributed by atoms with E-state index in [1.165, 1.54) is 0 Å². The van der Waals surface area contributed by atoms with Crippen LogP contribution in [0.1, 0.15) is 53.9 Å². The fourth-order valence-electron chi connectivity index (χ4n) is 2.56. The molecule has 0 aliphatic heterocycles. The van der Waals surface area contributed by atoms with Gasteiger partial charge < -0.3 is 15.8 Å². The second-order valence-electron chi connectivity index (χ2n) is 7.21. The molecule has 0 saturated heterocycles. The van der Waals surface area contributed by atoms with Crippen molar-refractivity contribution in [2.45, 2.75) is 65.5 Å². The Balaban J connectivity index is 2.54. The highest BCUT2D eigenvalue weighted by Gasteiger charge is 2.44. The van der Waals surface area contributed by atoms with Crippen molar-refractivity contribution in [3.8, 4) is 0 Å². The lowest BCUT2D eigenvalue weighted by Gasteiger charge is -2.25. The van der Waals surface area contributed by atoms with Gasteiger partial charge in [-0.2, -0.15) is 0 Å². The van der Waals surface area contributed by atoms with Gasteiger partial charge in [-0.15, -0.1) is 0 Å². The van der Waals surface area contributed by atoms with E-state index in [0.717, 1.165) is 12.8 Å². The van der Waals surface area contributed by atoms with Gasteiger partial charge in [-0.1, -0.05) is 13.8 Å². The van der Waals surface area contributed by atoms with Crippen molar-refractivity contribution in [1.82, 2.24) is 5.32 Å². The molecule has 1 saturated carbocycles. The second kappa shape index (κ2) is 6.46. The predicted octanol–water partition coefficient (Wildman–Crippen LogP) is 2.44. The number of primary amides is 1. The van der Waals surface area contributed by atoms with Crippen molar-refractivity contribution in [3.05, 3.63) is 0 Å². The van der Waals surface area contributed by atoms with Gasteiger partial charge in [0.15, 0.2) is 0 Å². The highest BCUT2D eigenvalue weighted by molar-refractivity contribution is 5.74. The van der Waals surface area contributed by atoms with Crippen molar-refractivity contribution in [1.29, 1.82) is 0 Å². The molecule has 1 rings (SSSR count). The molecule has 0 heterocycles. The average molecular weight is 284 g/mol. The molecule has 5 nitrogen and oxygen atoms in total. The molecule has 0 spiro atoms. The fourth-order valence-corrected chi connectivity index (χ4v) is 2.56. The largest absolute Gasteiger partial charge is 0.444 e. The summed E-state index contributed by atoms with van der Waals surface area (Å²) in [4.78, 5) is 22.8. The minimum Gasteiger partial charge on any atom is -0.444 e. The van der Waals surface area contributed by atoms with E-state index in [2.05, 4.69) is 19.2 Å². The minimum atomic E-state index is -0.497. The van der Waals surface area contributed by atoms with E-state index in [1.807, 2.05) is 20.8 Å². The molecule has 5 heteroatoms. The van der Waals surface area contributed by atoms with Gasteiger partial charge in [-0.25, -0.2) is 4.79 Å². The topological polar surface area (TPSA) is 81.4 Å². The van der Waals surface area contributed by atoms with E-state index < -0.39 is 5.60 Å². The Kier molecular flexibility index (Phi) is 5.42. The molecule has 20 heavy (non-hydrogen) atoms. The Labute approximate surface area is 121 Å². The zero-order valence-corrected chi connectivity index (χ0v) is 13.2. The lowest BCUT2D eigenvalue weighted by atomic mass is 9.98. The van der Waals surface area contributed by atoms with E-state index in [-0.39, 0.29) is 18.0 Å². The van der Waals surface area contributed by atoms with E-state index in [9.17, 15) is 9.59 Å². The number of hydrogen-bond acceptors (Lipinski definition) is 3. The van der Waals surface area contributed by atoms with Crippen molar-refractivity contribution in [3.63, 3.8) is 0 Å². The summed E-state index contributed by atoms with van der Waals surface area (Å²) in [7, 11) is 0. The summed E-state index contributed by atoms with van der Waals surface area (Å²) >= 11 is 0. The number of carbonyl (C=O) groups is 2. The monoisotopic (exact) mass is 284 g/mol. The van der Waals surface area contributed by atoms with Gasteiger partial charge in [-0.3, -0.25) is 4.79 Å².